The summed E-state index contributed by atoms with van der Waals surface area (Å²) in [5.74, 6) is 2.68. The number of ether oxygens (including phenoxy) is 2. The number of anilines is 2. The lowest BCUT2D eigenvalue weighted by molar-refractivity contribution is 0.288. The van der Waals surface area contributed by atoms with Crippen LogP contribution in [0, 0.1) is 6.92 Å². The first kappa shape index (κ1) is 27.5. The van der Waals surface area contributed by atoms with Crippen molar-refractivity contribution in [2.75, 3.05) is 43.1 Å². The predicted molar refractivity (Wildman–Crippen MR) is 159 cm³/mol. The largest absolute Gasteiger partial charge is 0.490 e. The van der Waals surface area contributed by atoms with Crippen molar-refractivity contribution in [3.05, 3.63) is 56.7 Å². The number of nitrogens with zero attached hydrogens (tertiary/aromatic N) is 5. The van der Waals surface area contributed by atoms with Crippen molar-refractivity contribution in [2.45, 2.75) is 53.0 Å². The van der Waals surface area contributed by atoms with Gasteiger partial charge in [0.1, 0.15) is 5.82 Å². The third kappa shape index (κ3) is 5.10. The van der Waals surface area contributed by atoms with Crippen LogP contribution in [-0.2, 0) is 7.05 Å². The minimum absolute atomic E-state index is 0.193. The normalized spacial score (nSPS) is 14.2. The minimum Gasteiger partial charge on any atom is -0.490 e. The van der Waals surface area contributed by atoms with Crippen LogP contribution in [0.4, 0.5) is 11.8 Å². The van der Waals surface area contributed by atoms with E-state index in [0.29, 0.717) is 67.5 Å². The first-order valence-corrected chi connectivity index (χ1v) is 14.2. The number of benzene rings is 2. The van der Waals surface area contributed by atoms with Crippen LogP contribution in [0.15, 0.2) is 39.9 Å². The molecule has 0 unspecified atom stereocenters. The molecule has 1 N–H and O–H groups in total. The molecule has 0 spiro atoms. The van der Waals surface area contributed by atoms with E-state index >= 15 is 0 Å². The van der Waals surface area contributed by atoms with E-state index in [0.717, 1.165) is 35.2 Å². The number of hydrogen-bond donors (Lipinski definition) is 1. The number of piperidine rings is 1. The molecule has 40 heavy (non-hydrogen) atoms. The SMILES string of the molecule is CCCNc1nc(N2CCC(n3c(=O)c4cc(C)ccc4n(C)c3=O)CC2)c2cc(OCC)c(OCC)cc2n1. The van der Waals surface area contributed by atoms with Crippen LogP contribution in [0.3, 0.4) is 0 Å². The van der Waals surface area contributed by atoms with Gasteiger partial charge in [-0.3, -0.25) is 13.9 Å². The summed E-state index contributed by atoms with van der Waals surface area (Å²) in [5, 5.41) is 4.78. The van der Waals surface area contributed by atoms with Crippen molar-refractivity contribution in [1.29, 1.82) is 0 Å². The van der Waals surface area contributed by atoms with Crippen LogP contribution in [0.1, 0.15) is 51.6 Å². The van der Waals surface area contributed by atoms with E-state index in [1.54, 1.807) is 11.6 Å². The summed E-state index contributed by atoms with van der Waals surface area (Å²) in [6.45, 7) is 11.0. The van der Waals surface area contributed by atoms with Crippen molar-refractivity contribution in [2.24, 2.45) is 7.05 Å². The molecule has 0 saturated carbocycles. The third-order valence-corrected chi connectivity index (χ3v) is 7.46. The van der Waals surface area contributed by atoms with Gasteiger partial charge in [0.2, 0.25) is 5.95 Å². The summed E-state index contributed by atoms with van der Waals surface area (Å²) in [6.07, 6.45) is 2.24. The van der Waals surface area contributed by atoms with Crippen molar-refractivity contribution in [3.63, 3.8) is 0 Å². The maximum absolute atomic E-state index is 13.5. The Kier molecular flexibility index (Phi) is 7.95. The molecular formula is C30H38N6O4. The molecule has 3 heterocycles. The van der Waals surface area contributed by atoms with Crippen molar-refractivity contribution in [1.82, 2.24) is 19.1 Å². The second-order valence-electron chi connectivity index (χ2n) is 10.2. The van der Waals surface area contributed by atoms with Crippen LogP contribution in [0.25, 0.3) is 21.8 Å². The highest BCUT2D eigenvalue weighted by Gasteiger charge is 2.27. The minimum atomic E-state index is -0.275. The molecule has 2 aromatic heterocycles. The second kappa shape index (κ2) is 11.6. The molecule has 1 fully saturated rings. The average Bonchev–Trinajstić information content (AvgIpc) is 2.95. The van der Waals surface area contributed by atoms with Gasteiger partial charge < -0.3 is 19.7 Å². The first-order chi connectivity index (χ1) is 19.4. The third-order valence-electron chi connectivity index (χ3n) is 7.46. The van der Waals surface area contributed by atoms with Crippen molar-refractivity contribution >= 4 is 33.6 Å². The van der Waals surface area contributed by atoms with Gasteiger partial charge >= 0.3 is 5.69 Å². The predicted octanol–water partition coefficient (Wildman–Crippen LogP) is 4.41. The lowest BCUT2D eigenvalue weighted by atomic mass is 10.0. The zero-order chi connectivity index (χ0) is 28.4. The molecule has 1 aliphatic heterocycles. The number of fused-ring (bicyclic) bond motifs is 2. The highest BCUT2D eigenvalue weighted by Crippen LogP contribution is 2.37. The number of aromatic nitrogens is 4. The van der Waals surface area contributed by atoms with E-state index in [2.05, 4.69) is 17.1 Å². The van der Waals surface area contributed by atoms with Gasteiger partial charge in [-0.05, 0) is 58.2 Å². The van der Waals surface area contributed by atoms with Crippen molar-refractivity contribution < 1.29 is 9.47 Å². The number of aryl methyl sites for hydroxylation is 2. The summed E-state index contributed by atoms with van der Waals surface area (Å²) in [6, 6.07) is 9.32. The van der Waals surface area contributed by atoms with Crippen LogP contribution >= 0.6 is 0 Å². The van der Waals surface area contributed by atoms with Gasteiger partial charge in [0.25, 0.3) is 5.56 Å². The van der Waals surface area contributed by atoms with Crippen LogP contribution in [-0.4, -0.2) is 52.0 Å². The Labute approximate surface area is 233 Å². The molecule has 10 nitrogen and oxygen atoms in total. The molecular weight excluding hydrogens is 508 g/mol. The summed E-state index contributed by atoms with van der Waals surface area (Å²) in [7, 11) is 1.73. The molecule has 0 atom stereocenters. The van der Waals surface area contributed by atoms with E-state index in [9.17, 15) is 9.59 Å². The van der Waals surface area contributed by atoms with Crippen molar-refractivity contribution in [3.8, 4) is 11.5 Å². The molecule has 0 aliphatic carbocycles. The fourth-order valence-corrected chi connectivity index (χ4v) is 5.47. The summed E-state index contributed by atoms with van der Waals surface area (Å²) in [5.41, 5.74) is 1.93. The van der Waals surface area contributed by atoms with Crippen LogP contribution in [0.2, 0.25) is 0 Å². The maximum atomic E-state index is 13.5. The number of rotatable bonds is 9. The topological polar surface area (TPSA) is 104 Å². The Morgan fingerprint density at radius 3 is 2.33 bits per heavy atom. The molecule has 4 aromatic rings. The standard InChI is InChI=1S/C30H38N6O4/c1-6-13-31-29-32-23-18-26(40-8-3)25(39-7-2)17-21(23)27(33-29)35-14-11-20(12-15-35)36-28(37)22-16-19(4)9-10-24(22)34(5)30(36)38/h9-10,16-18,20H,6-8,11-15H2,1-5H3,(H,31,32,33). The Hall–Kier alpha value is -4.08. The maximum Gasteiger partial charge on any atom is 0.331 e. The fourth-order valence-electron chi connectivity index (χ4n) is 5.47. The fraction of sp³-hybridized carbons (Fsp3) is 0.467. The summed E-state index contributed by atoms with van der Waals surface area (Å²) in [4.78, 5) is 38.7. The Balaban J connectivity index is 1.51. The van der Waals surface area contributed by atoms with Gasteiger partial charge in [0, 0.05) is 44.2 Å². The molecule has 212 valence electrons. The highest BCUT2D eigenvalue weighted by atomic mass is 16.5. The van der Waals surface area contributed by atoms with Gasteiger partial charge in [-0.1, -0.05) is 18.6 Å². The van der Waals surface area contributed by atoms with E-state index in [-0.39, 0.29) is 17.3 Å². The molecule has 2 aromatic carbocycles. The molecule has 5 rings (SSSR count). The molecule has 10 heteroatoms. The summed E-state index contributed by atoms with van der Waals surface area (Å²) < 4.78 is 14.8. The molecule has 1 saturated heterocycles. The van der Waals surface area contributed by atoms with E-state index in [1.165, 1.54) is 4.57 Å². The van der Waals surface area contributed by atoms with Gasteiger partial charge in [-0.25, -0.2) is 9.78 Å². The molecule has 1 aliphatic rings. The van der Waals surface area contributed by atoms with Gasteiger partial charge in [-0.15, -0.1) is 0 Å². The molecule has 0 radical (unpaired) electrons. The average molecular weight is 547 g/mol. The monoisotopic (exact) mass is 546 g/mol. The zero-order valence-corrected chi connectivity index (χ0v) is 24.0. The lowest BCUT2D eigenvalue weighted by Gasteiger charge is -2.34. The number of nitrogens with one attached hydrogen (secondary N) is 1. The van der Waals surface area contributed by atoms with E-state index in [1.807, 2.05) is 51.1 Å². The lowest BCUT2D eigenvalue weighted by Crippen LogP contribution is -2.45. The second-order valence-corrected chi connectivity index (χ2v) is 10.2. The molecule has 0 amide bonds. The number of hydrogen-bond acceptors (Lipinski definition) is 8. The van der Waals surface area contributed by atoms with Crippen LogP contribution in [0.5, 0.6) is 11.5 Å². The Morgan fingerprint density at radius 1 is 0.950 bits per heavy atom. The first-order valence-electron chi connectivity index (χ1n) is 14.2. The Morgan fingerprint density at radius 2 is 1.65 bits per heavy atom. The summed E-state index contributed by atoms with van der Waals surface area (Å²) >= 11 is 0. The smallest absolute Gasteiger partial charge is 0.331 e. The zero-order valence-electron chi connectivity index (χ0n) is 24.0. The van der Waals surface area contributed by atoms with E-state index < -0.39 is 0 Å². The van der Waals surface area contributed by atoms with Crippen LogP contribution < -0.4 is 30.9 Å². The van der Waals surface area contributed by atoms with Gasteiger partial charge in [0.15, 0.2) is 11.5 Å². The highest BCUT2D eigenvalue weighted by molar-refractivity contribution is 5.93. The quantitative estimate of drug-likeness (QED) is 0.329. The molecule has 0 bridgehead atoms. The van der Waals surface area contributed by atoms with Gasteiger partial charge in [0.05, 0.1) is 29.6 Å². The van der Waals surface area contributed by atoms with E-state index in [4.69, 9.17) is 19.4 Å². The van der Waals surface area contributed by atoms with Gasteiger partial charge in [-0.2, -0.15) is 4.98 Å². The Bertz CT molecular complexity index is 1650.